The van der Waals surface area contributed by atoms with E-state index in [0.29, 0.717) is 31.2 Å². The third-order valence-corrected chi connectivity index (χ3v) is 4.62. The van der Waals surface area contributed by atoms with Crippen LogP contribution in [0.5, 0.6) is 0 Å². The van der Waals surface area contributed by atoms with Gasteiger partial charge in [-0.3, -0.25) is 4.79 Å². The van der Waals surface area contributed by atoms with Gasteiger partial charge in [0, 0.05) is 42.6 Å². The number of piperazine rings is 1. The van der Waals surface area contributed by atoms with E-state index in [4.69, 9.17) is 22.1 Å². The minimum Gasteiger partial charge on any atom is -0.452 e. The number of rotatable bonds is 4. The molecule has 0 aliphatic carbocycles. The number of carbonyl (C=O) groups excluding carboxylic acids is 2. The van der Waals surface area contributed by atoms with Gasteiger partial charge in [-0.2, -0.15) is 0 Å². The summed E-state index contributed by atoms with van der Waals surface area (Å²) in [4.78, 5) is 28.1. The number of carbonyl (C=O) groups is 2. The maximum Gasteiger partial charge on any atom is 0.340 e. The molecular formula is C19H19ClFN3O3. The van der Waals surface area contributed by atoms with Gasteiger partial charge < -0.3 is 20.3 Å². The number of nitrogens with two attached hydrogens (primary N) is 1. The van der Waals surface area contributed by atoms with Crippen LogP contribution in [0.25, 0.3) is 0 Å². The first-order valence-corrected chi connectivity index (χ1v) is 8.82. The van der Waals surface area contributed by atoms with Crippen LogP contribution in [0.15, 0.2) is 42.5 Å². The molecule has 2 aromatic rings. The van der Waals surface area contributed by atoms with E-state index >= 15 is 0 Å². The van der Waals surface area contributed by atoms with Crippen LogP contribution < -0.4 is 10.6 Å². The van der Waals surface area contributed by atoms with Crippen molar-refractivity contribution in [1.29, 1.82) is 0 Å². The Labute approximate surface area is 161 Å². The Hall–Kier alpha value is -2.80. The number of amides is 1. The van der Waals surface area contributed by atoms with E-state index in [-0.39, 0.29) is 29.6 Å². The summed E-state index contributed by atoms with van der Waals surface area (Å²) >= 11 is 5.85. The summed E-state index contributed by atoms with van der Waals surface area (Å²) in [6.07, 6.45) is 0. The summed E-state index contributed by atoms with van der Waals surface area (Å²) in [6, 6.07) is 10.7. The minimum absolute atomic E-state index is 0.136. The fourth-order valence-corrected chi connectivity index (χ4v) is 3.04. The first-order valence-electron chi connectivity index (χ1n) is 8.44. The molecule has 0 saturated carbocycles. The summed E-state index contributed by atoms with van der Waals surface area (Å²) in [6.45, 7) is 1.86. The van der Waals surface area contributed by atoms with Gasteiger partial charge in [0.25, 0.3) is 5.91 Å². The molecule has 0 spiro atoms. The standard InChI is InChI=1S/C19H19ClFN3O3/c20-13-1-6-17(22)16(11-13)19(26)27-12-18(25)24-9-7-23(8-10-24)15-4-2-14(21)3-5-15/h1-6,11H,7-10,12,22H2. The predicted molar refractivity (Wildman–Crippen MR) is 101 cm³/mol. The Balaban J connectivity index is 1.50. The van der Waals surface area contributed by atoms with Gasteiger partial charge in [0.05, 0.1) is 5.56 Å². The highest BCUT2D eigenvalue weighted by Crippen LogP contribution is 2.19. The molecule has 1 saturated heterocycles. The third-order valence-electron chi connectivity index (χ3n) is 4.39. The number of esters is 1. The van der Waals surface area contributed by atoms with Crippen LogP contribution in [0, 0.1) is 5.82 Å². The summed E-state index contributed by atoms with van der Waals surface area (Å²) in [7, 11) is 0. The Morgan fingerprint density at radius 1 is 1.07 bits per heavy atom. The van der Waals surface area contributed by atoms with Crippen molar-refractivity contribution in [3.05, 3.63) is 58.9 Å². The van der Waals surface area contributed by atoms with Crippen molar-refractivity contribution in [2.45, 2.75) is 0 Å². The van der Waals surface area contributed by atoms with Crippen LogP contribution in [0.3, 0.4) is 0 Å². The molecular weight excluding hydrogens is 373 g/mol. The van der Waals surface area contributed by atoms with E-state index in [2.05, 4.69) is 4.90 Å². The molecule has 3 rings (SSSR count). The van der Waals surface area contributed by atoms with Crippen molar-refractivity contribution in [3.8, 4) is 0 Å². The van der Waals surface area contributed by atoms with Crippen molar-refractivity contribution in [2.75, 3.05) is 43.4 Å². The van der Waals surface area contributed by atoms with E-state index < -0.39 is 5.97 Å². The molecule has 0 radical (unpaired) electrons. The fraction of sp³-hybridized carbons (Fsp3) is 0.263. The van der Waals surface area contributed by atoms with E-state index in [1.807, 2.05) is 0 Å². The molecule has 1 aliphatic rings. The van der Waals surface area contributed by atoms with Gasteiger partial charge in [-0.1, -0.05) is 11.6 Å². The van der Waals surface area contributed by atoms with Gasteiger partial charge in [-0.25, -0.2) is 9.18 Å². The minimum atomic E-state index is -0.687. The van der Waals surface area contributed by atoms with Crippen molar-refractivity contribution < 1.29 is 18.7 Å². The molecule has 0 aromatic heterocycles. The summed E-state index contributed by atoms with van der Waals surface area (Å²) in [5.74, 6) is -1.24. The zero-order valence-corrected chi connectivity index (χ0v) is 15.3. The van der Waals surface area contributed by atoms with Gasteiger partial charge in [0.1, 0.15) is 5.82 Å². The lowest BCUT2D eigenvalue weighted by Gasteiger charge is -2.36. The predicted octanol–water partition coefficient (Wildman–Crippen LogP) is 2.57. The summed E-state index contributed by atoms with van der Waals surface area (Å²) in [5, 5.41) is 0.361. The van der Waals surface area contributed by atoms with E-state index in [1.165, 1.54) is 24.3 Å². The zero-order valence-electron chi connectivity index (χ0n) is 14.5. The molecule has 0 bridgehead atoms. The molecule has 27 heavy (non-hydrogen) atoms. The fourth-order valence-electron chi connectivity index (χ4n) is 2.87. The second-order valence-corrected chi connectivity index (χ2v) is 6.59. The molecule has 1 heterocycles. The normalized spacial score (nSPS) is 14.1. The van der Waals surface area contributed by atoms with E-state index in [0.717, 1.165) is 5.69 Å². The van der Waals surface area contributed by atoms with Crippen LogP contribution >= 0.6 is 11.6 Å². The zero-order chi connectivity index (χ0) is 19.4. The van der Waals surface area contributed by atoms with Gasteiger partial charge in [0.2, 0.25) is 0 Å². The number of nitrogens with zero attached hydrogens (tertiary/aromatic N) is 2. The van der Waals surface area contributed by atoms with E-state index in [1.54, 1.807) is 23.1 Å². The Morgan fingerprint density at radius 3 is 2.41 bits per heavy atom. The first kappa shape index (κ1) is 19.0. The average Bonchev–Trinajstić information content (AvgIpc) is 2.68. The molecule has 2 N–H and O–H groups in total. The number of anilines is 2. The topological polar surface area (TPSA) is 75.9 Å². The van der Waals surface area contributed by atoms with Crippen molar-refractivity contribution >= 4 is 34.9 Å². The monoisotopic (exact) mass is 391 g/mol. The number of ether oxygens (including phenoxy) is 1. The Kier molecular flexibility index (Phi) is 5.81. The molecule has 1 aliphatic heterocycles. The molecule has 1 fully saturated rings. The van der Waals surface area contributed by atoms with Crippen LogP contribution in [0.1, 0.15) is 10.4 Å². The van der Waals surface area contributed by atoms with Crippen LogP contribution in [-0.2, 0) is 9.53 Å². The van der Waals surface area contributed by atoms with Gasteiger partial charge in [0.15, 0.2) is 6.61 Å². The molecule has 0 atom stereocenters. The van der Waals surface area contributed by atoms with Crippen LogP contribution in [0.4, 0.5) is 15.8 Å². The maximum atomic E-state index is 13.0. The number of nitrogen functional groups attached to an aromatic ring is 1. The highest BCUT2D eigenvalue weighted by atomic mass is 35.5. The maximum absolute atomic E-state index is 13.0. The quantitative estimate of drug-likeness (QED) is 0.640. The van der Waals surface area contributed by atoms with Crippen LogP contribution in [0.2, 0.25) is 5.02 Å². The number of hydrogen-bond donors (Lipinski definition) is 1. The second-order valence-electron chi connectivity index (χ2n) is 6.15. The third kappa shape index (κ3) is 4.68. The lowest BCUT2D eigenvalue weighted by Crippen LogP contribution is -2.49. The second kappa shape index (κ2) is 8.26. The Morgan fingerprint density at radius 2 is 1.74 bits per heavy atom. The lowest BCUT2D eigenvalue weighted by molar-refractivity contribution is -0.134. The molecule has 1 amide bonds. The summed E-state index contributed by atoms with van der Waals surface area (Å²) in [5.41, 5.74) is 7.02. The summed E-state index contributed by atoms with van der Waals surface area (Å²) < 4.78 is 18.1. The molecule has 0 unspecified atom stereocenters. The smallest absolute Gasteiger partial charge is 0.340 e. The lowest BCUT2D eigenvalue weighted by atomic mass is 10.2. The number of benzene rings is 2. The van der Waals surface area contributed by atoms with Crippen LogP contribution in [-0.4, -0.2) is 49.6 Å². The molecule has 8 heteroatoms. The highest BCUT2D eigenvalue weighted by molar-refractivity contribution is 6.31. The molecule has 2 aromatic carbocycles. The molecule has 6 nitrogen and oxygen atoms in total. The van der Waals surface area contributed by atoms with Gasteiger partial charge >= 0.3 is 5.97 Å². The van der Waals surface area contributed by atoms with E-state index in [9.17, 15) is 14.0 Å². The largest absolute Gasteiger partial charge is 0.452 e. The van der Waals surface area contributed by atoms with Crippen molar-refractivity contribution in [2.24, 2.45) is 0 Å². The van der Waals surface area contributed by atoms with Gasteiger partial charge in [-0.15, -0.1) is 0 Å². The average molecular weight is 392 g/mol. The number of halogens is 2. The first-order chi connectivity index (χ1) is 12.9. The number of hydrogen-bond acceptors (Lipinski definition) is 5. The SMILES string of the molecule is Nc1ccc(Cl)cc1C(=O)OCC(=O)N1CCN(c2ccc(F)cc2)CC1. The molecule has 142 valence electrons. The Bertz CT molecular complexity index is 837. The van der Waals surface area contributed by atoms with Crippen molar-refractivity contribution in [3.63, 3.8) is 0 Å². The van der Waals surface area contributed by atoms with Gasteiger partial charge in [-0.05, 0) is 42.5 Å². The van der Waals surface area contributed by atoms with Crippen molar-refractivity contribution in [1.82, 2.24) is 4.90 Å². The highest BCUT2D eigenvalue weighted by Gasteiger charge is 2.23.